The normalized spacial score (nSPS) is 14.2. The predicted molar refractivity (Wildman–Crippen MR) is 86.6 cm³/mol. The first-order chi connectivity index (χ1) is 8.61. The zero-order chi connectivity index (χ0) is 13.1. The maximum atomic E-state index is 3.68. The van der Waals surface area contributed by atoms with E-state index in [1.165, 1.54) is 22.3 Å². The van der Waals surface area contributed by atoms with E-state index in [9.17, 15) is 0 Å². The molecular formula is C16H16Br2. The average Bonchev–Trinajstić information content (AvgIpc) is 2.38. The van der Waals surface area contributed by atoms with Gasteiger partial charge in [-0.3, -0.25) is 0 Å². The molecule has 0 N–H and O–H groups in total. The molecule has 0 aliphatic carbocycles. The number of halogens is 2. The SMILES string of the molecule is CC(Br)c1ccccc1-c1ccccc1C(C)Br. The van der Waals surface area contributed by atoms with Crippen molar-refractivity contribution in [1.29, 1.82) is 0 Å². The van der Waals surface area contributed by atoms with Crippen LogP contribution in [0.5, 0.6) is 0 Å². The summed E-state index contributed by atoms with van der Waals surface area (Å²) >= 11 is 7.36. The molecule has 0 aliphatic rings. The first-order valence-electron chi connectivity index (χ1n) is 6.07. The van der Waals surface area contributed by atoms with E-state index in [0.29, 0.717) is 9.65 Å². The summed E-state index contributed by atoms with van der Waals surface area (Å²) in [4.78, 5) is 0.708. The molecule has 2 heteroatoms. The molecule has 0 spiro atoms. The molecule has 2 aromatic carbocycles. The van der Waals surface area contributed by atoms with Gasteiger partial charge in [0.2, 0.25) is 0 Å². The van der Waals surface area contributed by atoms with E-state index in [1.807, 2.05) is 0 Å². The van der Waals surface area contributed by atoms with Gasteiger partial charge in [0, 0.05) is 9.65 Å². The Morgan fingerprint density at radius 3 is 1.33 bits per heavy atom. The van der Waals surface area contributed by atoms with E-state index >= 15 is 0 Å². The van der Waals surface area contributed by atoms with Crippen molar-refractivity contribution in [2.24, 2.45) is 0 Å². The minimum absolute atomic E-state index is 0.354. The van der Waals surface area contributed by atoms with Gasteiger partial charge in [-0.1, -0.05) is 80.4 Å². The molecule has 0 bridgehead atoms. The van der Waals surface area contributed by atoms with Gasteiger partial charge in [0.15, 0.2) is 0 Å². The maximum Gasteiger partial charge on any atom is 0.0373 e. The largest absolute Gasteiger partial charge is 0.0842 e. The van der Waals surface area contributed by atoms with Gasteiger partial charge in [0.1, 0.15) is 0 Å². The number of rotatable bonds is 3. The van der Waals surface area contributed by atoms with Gasteiger partial charge in [-0.2, -0.15) is 0 Å². The Kier molecular flexibility index (Phi) is 4.63. The van der Waals surface area contributed by atoms with Crippen molar-refractivity contribution in [2.75, 3.05) is 0 Å². The minimum Gasteiger partial charge on any atom is -0.0842 e. The predicted octanol–water partition coefficient (Wildman–Crippen LogP) is 6.27. The van der Waals surface area contributed by atoms with Crippen LogP contribution in [0.25, 0.3) is 11.1 Å². The Hall–Kier alpha value is -0.600. The van der Waals surface area contributed by atoms with Gasteiger partial charge < -0.3 is 0 Å². The Labute approximate surface area is 126 Å². The highest BCUT2D eigenvalue weighted by atomic mass is 79.9. The number of benzene rings is 2. The second kappa shape index (κ2) is 6.03. The first-order valence-corrected chi connectivity index (χ1v) is 7.90. The molecule has 0 aromatic heterocycles. The molecule has 0 radical (unpaired) electrons. The maximum absolute atomic E-state index is 3.68. The minimum atomic E-state index is 0.354. The third kappa shape index (κ3) is 2.86. The lowest BCUT2D eigenvalue weighted by atomic mass is 9.93. The summed E-state index contributed by atoms with van der Waals surface area (Å²) in [5, 5.41) is 0. The third-order valence-corrected chi connectivity index (χ3v) is 4.06. The number of hydrogen-bond donors (Lipinski definition) is 0. The number of alkyl halides is 2. The Bertz CT molecular complexity index is 481. The van der Waals surface area contributed by atoms with E-state index in [2.05, 4.69) is 94.2 Å². The summed E-state index contributed by atoms with van der Waals surface area (Å²) < 4.78 is 0. The summed E-state index contributed by atoms with van der Waals surface area (Å²) in [5.74, 6) is 0. The second-order valence-corrected chi connectivity index (χ2v) is 7.15. The Balaban J connectivity index is 2.62. The average molecular weight is 368 g/mol. The molecule has 0 nitrogen and oxygen atoms in total. The highest BCUT2D eigenvalue weighted by Crippen LogP contribution is 2.37. The van der Waals surface area contributed by atoms with Crippen molar-refractivity contribution < 1.29 is 0 Å². The molecule has 0 aliphatic heterocycles. The highest BCUT2D eigenvalue weighted by Gasteiger charge is 2.13. The smallest absolute Gasteiger partial charge is 0.0373 e. The van der Waals surface area contributed by atoms with Crippen LogP contribution in [0.3, 0.4) is 0 Å². The summed E-state index contributed by atoms with van der Waals surface area (Å²) in [6.07, 6.45) is 0. The molecule has 18 heavy (non-hydrogen) atoms. The van der Waals surface area contributed by atoms with Crippen LogP contribution in [0.15, 0.2) is 48.5 Å². The van der Waals surface area contributed by atoms with E-state index in [-0.39, 0.29) is 0 Å². The zero-order valence-corrected chi connectivity index (χ0v) is 13.7. The summed E-state index contributed by atoms with van der Waals surface area (Å²) in [6, 6.07) is 17.2. The van der Waals surface area contributed by atoms with Crippen molar-refractivity contribution in [3.05, 3.63) is 59.7 Å². The van der Waals surface area contributed by atoms with Gasteiger partial charge in [-0.25, -0.2) is 0 Å². The molecule has 2 unspecified atom stereocenters. The summed E-state index contributed by atoms with van der Waals surface area (Å²) in [5.41, 5.74) is 5.28. The van der Waals surface area contributed by atoms with Crippen LogP contribution in [0.4, 0.5) is 0 Å². The van der Waals surface area contributed by atoms with Gasteiger partial charge in [0.05, 0.1) is 0 Å². The van der Waals surface area contributed by atoms with Crippen LogP contribution < -0.4 is 0 Å². The quantitative estimate of drug-likeness (QED) is 0.561. The second-order valence-electron chi connectivity index (χ2n) is 4.41. The van der Waals surface area contributed by atoms with Crippen LogP contribution >= 0.6 is 31.9 Å². The van der Waals surface area contributed by atoms with Crippen molar-refractivity contribution in [1.82, 2.24) is 0 Å². The first kappa shape index (κ1) is 13.8. The lowest BCUT2D eigenvalue weighted by Crippen LogP contribution is -1.94. The van der Waals surface area contributed by atoms with Gasteiger partial charge >= 0.3 is 0 Å². The van der Waals surface area contributed by atoms with E-state index in [4.69, 9.17) is 0 Å². The molecular weight excluding hydrogens is 352 g/mol. The van der Waals surface area contributed by atoms with Crippen LogP contribution in [0.1, 0.15) is 34.6 Å². The molecule has 0 heterocycles. The van der Waals surface area contributed by atoms with E-state index in [1.54, 1.807) is 0 Å². The summed E-state index contributed by atoms with van der Waals surface area (Å²) in [7, 11) is 0. The molecule has 2 rings (SSSR count). The molecule has 2 atom stereocenters. The monoisotopic (exact) mass is 366 g/mol. The lowest BCUT2D eigenvalue weighted by Gasteiger charge is -2.16. The molecule has 0 saturated heterocycles. The molecule has 0 amide bonds. The van der Waals surface area contributed by atoms with Gasteiger partial charge in [-0.05, 0) is 36.1 Å². The van der Waals surface area contributed by atoms with E-state index in [0.717, 1.165) is 0 Å². The summed E-state index contributed by atoms with van der Waals surface area (Å²) in [6.45, 7) is 4.33. The Morgan fingerprint density at radius 1 is 0.667 bits per heavy atom. The highest BCUT2D eigenvalue weighted by molar-refractivity contribution is 9.09. The standard InChI is InChI=1S/C16H16Br2/c1-11(17)13-7-3-5-9-15(13)16-10-6-4-8-14(16)12(2)18/h3-12H,1-2H3. The lowest BCUT2D eigenvalue weighted by molar-refractivity contribution is 1.10. The molecule has 0 saturated carbocycles. The number of hydrogen-bond acceptors (Lipinski definition) is 0. The fourth-order valence-corrected chi connectivity index (χ4v) is 2.98. The van der Waals surface area contributed by atoms with Crippen LogP contribution in [0, 0.1) is 0 Å². The fraction of sp³-hybridized carbons (Fsp3) is 0.250. The fourth-order valence-electron chi connectivity index (χ4n) is 2.18. The van der Waals surface area contributed by atoms with Crippen molar-refractivity contribution >= 4 is 31.9 Å². The molecule has 94 valence electrons. The third-order valence-electron chi connectivity index (χ3n) is 3.07. The van der Waals surface area contributed by atoms with Gasteiger partial charge in [0.25, 0.3) is 0 Å². The van der Waals surface area contributed by atoms with Crippen LogP contribution in [0.2, 0.25) is 0 Å². The zero-order valence-electron chi connectivity index (χ0n) is 10.5. The van der Waals surface area contributed by atoms with Crippen molar-refractivity contribution in [2.45, 2.75) is 23.5 Å². The van der Waals surface area contributed by atoms with Gasteiger partial charge in [-0.15, -0.1) is 0 Å². The van der Waals surface area contributed by atoms with Crippen molar-refractivity contribution in [3.63, 3.8) is 0 Å². The van der Waals surface area contributed by atoms with E-state index < -0.39 is 0 Å². The molecule has 2 aromatic rings. The Morgan fingerprint density at radius 2 is 1.00 bits per heavy atom. The topological polar surface area (TPSA) is 0 Å². The van der Waals surface area contributed by atoms with Crippen molar-refractivity contribution in [3.8, 4) is 11.1 Å². The molecule has 0 fully saturated rings. The van der Waals surface area contributed by atoms with Crippen LogP contribution in [-0.4, -0.2) is 0 Å². The van der Waals surface area contributed by atoms with Crippen LogP contribution in [-0.2, 0) is 0 Å².